The van der Waals surface area contributed by atoms with Crippen LogP contribution >= 0.6 is 23.1 Å². The second-order valence-electron chi connectivity index (χ2n) is 10.9. The minimum Gasteiger partial charge on any atom is -0.462 e. The van der Waals surface area contributed by atoms with Crippen molar-refractivity contribution in [2.75, 3.05) is 12.4 Å². The number of aromatic nitrogens is 1. The standard InChI is InChI=1S/C27H40F3NO5S2Si/c1-7-34-25(33)22-17-38-26(31-22)37-16-13-20-19(10-11-23(20)35-18(2)32)9-8-14-27(3,36-39(4,5)6)15-12-21(28)24(29)30/h8-9,17,19-20,23H,7,10-16H2,1-6H3/b9-8+/t19-,20-,23+,27?/m1/s1. The van der Waals surface area contributed by atoms with Crippen molar-refractivity contribution in [1.82, 2.24) is 4.98 Å². The van der Waals surface area contributed by atoms with E-state index in [9.17, 15) is 22.8 Å². The third-order valence-electron chi connectivity index (χ3n) is 6.34. The van der Waals surface area contributed by atoms with Crippen molar-refractivity contribution in [3.05, 3.63) is 35.1 Å². The van der Waals surface area contributed by atoms with Gasteiger partial charge in [0, 0.05) is 30.4 Å². The van der Waals surface area contributed by atoms with Crippen molar-refractivity contribution in [2.45, 2.75) is 95.0 Å². The fourth-order valence-corrected chi connectivity index (χ4v) is 8.43. The Balaban J connectivity index is 2.06. The summed E-state index contributed by atoms with van der Waals surface area (Å²) in [7, 11) is -2.03. The number of allylic oxidation sites excluding steroid dienone is 2. The lowest BCUT2D eigenvalue weighted by Crippen LogP contribution is -2.40. The van der Waals surface area contributed by atoms with Crippen LogP contribution in [0.25, 0.3) is 0 Å². The summed E-state index contributed by atoms with van der Waals surface area (Å²) in [5.74, 6) is -1.14. The van der Waals surface area contributed by atoms with Crippen molar-refractivity contribution < 1.29 is 36.7 Å². The van der Waals surface area contributed by atoms with Crippen LogP contribution in [0.15, 0.2) is 33.8 Å². The Morgan fingerprint density at radius 1 is 1.26 bits per heavy atom. The largest absolute Gasteiger partial charge is 0.462 e. The Labute approximate surface area is 238 Å². The average Bonchev–Trinajstić information content (AvgIpc) is 3.44. The van der Waals surface area contributed by atoms with Crippen LogP contribution in [0.4, 0.5) is 13.2 Å². The summed E-state index contributed by atoms with van der Waals surface area (Å²) in [5, 5.41) is 1.69. The van der Waals surface area contributed by atoms with Gasteiger partial charge >= 0.3 is 18.0 Å². The zero-order valence-corrected chi connectivity index (χ0v) is 26.2. The predicted octanol–water partition coefficient (Wildman–Crippen LogP) is 8.17. The lowest BCUT2D eigenvalue weighted by Gasteiger charge is -2.36. The summed E-state index contributed by atoms with van der Waals surface area (Å²) in [6.07, 6.45) is 4.25. The first kappa shape index (κ1) is 33.6. The zero-order valence-electron chi connectivity index (χ0n) is 23.6. The van der Waals surface area contributed by atoms with Gasteiger partial charge < -0.3 is 13.9 Å². The van der Waals surface area contributed by atoms with Gasteiger partial charge in [0.15, 0.2) is 24.2 Å². The number of carbonyl (C=O) groups is 2. The topological polar surface area (TPSA) is 74.7 Å². The Bertz CT molecular complexity index is 1030. The van der Waals surface area contributed by atoms with Gasteiger partial charge in [-0.1, -0.05) is 23.9 Å². The van der Waals surface area contributed by atoms with E-state index < -0.39 is 31.8 Å². The van der Waals surface area contributed by atoms with Crippen LogP contribution < -0.4 is 0 Å². The first-order valence-corrected chi connectivity index (χ1v) is 18.5. The maximum atomic E-state index is 13.6. The van der Waals surface area contributed by atoms with Crippen molar-refractivity contribution in [3.63, 3.8) is 0 Å². The number of carbonyl (C=O) groups excluding carboxylic acids is 2. The van der Waals surface area contributed by atoms with Crippen molar-refractivity contribution >= 4 is 43.4 Å². The van der Waals surface area contributed by atoms with Crippen molar-refractivity contribution in [3.8, 4) is 0 Å². The number of halogens is 3. The molecule has 12 heteroatoms. The van der Waals surface area contributed by atoms with Gasteiger partial charge in [0.1, 0.15) is 6.10 Å². The Kier molecular flexibility index (Phi) is 13.2. The lowest BCUT2D eigenvalue weighted by molar-refractivity contribution is -0.148. The van der Waals surface area contributed by atoms with Crippen LogP contribution in [-0.2, 0) is 18.7 Å². The molecule has 0 bridgehead atoms. The van der Waals surface area contributed by atoms with Crippen LogP contribution in [0.2, 0.25) is 19.6 Å². The molecule has 0 aromatic carbocycles. The van der Waals surface area contributed by atoms with Crippen LogP contribution in [0.5, 0.6) is 0 Å². The van der Waals surface area contributed by atoms with E-state index in [1.807, 2.05) is 32.6 Å². The van der Waals surface area contributed by atoms with E-state index >= 15 is 0 Å². The summed E-state index contributed by atoms with van der Waals surface area (Å²) in [4.78, 5) is 27.9. The molecule has 1 aromatic rings. The quantitative estimate of drug-likeness (QED) is 0.0862. The summed E-state index contributed by atoms with van der Waals surface area (Å²) < 4.78 is 56.6. The maximum absolute atomic E-state index is 13.6. The molecule has 39 heavy (non-hydrogen) atoms. The van der Waals surface area contributed by atoms with E-state index in [-0.39, 0.29) is 36.8 Å². The van der Waals surface area contributed by atoms with Gasteiger partial charge in [0.25, 0.3) is 0 Å². The molecule has 6 nitrogen and oxygen atoms in total. The minimum absolute atomic E-state index is 0.104. The molecule has 1 saturated carbocycles. The van der Waals surface area contributed by atoms with Gasteiger partial charge in [0.2, 0.25) is 0 Å². The zero-order chi connectivity index (χ0) is 29.2. The number of hydrogen-bond acceptors (Lipinski definition) is 8. The van der Waals surface area contributed by atoms with Gasteiger partial charge in [-0.3, -0.25) is 4.79 Å². The number of ether oxygens (including phenoxy) is 2. The molecule has 0 N–H and O–H groups in total. The molecule has 4 atom stereocenters. The summed E-state index contributed by atoms with van der Waals surface area (Å²) >= 11 is 2.94. The highest BCUT2D eigenvalue weighted by atomic mass is 32.2. The van der Waals surface area contributed by atoms with Crippen LogP contribution in [0.1, 0.15) is 69.8 Å². The van der Waals surface area contributed by atoms with Gasteiger partial charge in [-0.05, 0) is 71.5 Å². The Hall–Kier alpha value is -1.63. The molecule has 1 heterocycles. The van der Waals surface area contributed by atoms with E-state index in [0.29, 0.717) is 18.7 Å². The molecular formula is C27H40F3NO5S2Si. The highest BCUT2D eigenvalue weighted by Gasteiger charge is 2.37. The fourth-order valence-electron chi connectivity index (χ4n) is 4.86. The number of thioether (sulfide) groups is 1. The number of esters is 2. The molecular weight excluding hydrogens is 568 g/mol. The Morgan fingerprint density at radius 3 is 2.59 bits per heavy atom. The molecule has 1 aliphatic rings. The number of hydrogen-bond donors (Lipinski definition) is 0. The Morgan fingerprint density at radius 2 is 1.97 bits per heavy atom. The van der Waals surface area contributed by atoms with E-state index in [2.05, 4.69) is 11.1 Å². The van der Waals surface area contributed by atoms with Gasteiger partial charge in [-0.15, -0.1) is 11.3 Å². The van der Waals surface area contributed by atoms with E-state index in [0.717, 1.165) is 29.4 Å². The fraction of sp³-hybridized carbons (Fsp3) is 0.667. The molecule has 1 aliphatic carbocycles. The highest BCUT2D eigenvalue weighted by molar-refractivity contribution is 8.01. The molecule has 0 saturated heterocycles. The molecule has 1 aromatic heterocycles. The van der Waals surface area contributed by atoms with Gasteiger partial charge in [-0.2, -0.15) is 8.78 Å². The average molecular weight is 608 g/mol. The van der Waals surface area contributed by atoms with E-state index in [1.165, 1.54) is 18.3 Å². The minimum atomic E-state index is -2.28. The maximum Gasteiger partial charge on any atom is 0.357 e. The van der Waals surface area contributed by atoms with Crippen LogP contribution in [0.3, 0.4) is 0 Å². The number of rotatable bonds is 15. The number of thiazole rings is 1. The first-order valence-electron chi connectivity index (χ1n) is 13.2. The predicted molar refractivity (Wildman–Crippen MR) is 151 cm³/mol. The molecule has 0 radical (unpaired) electrons. The third kappa shape index (κ3) is 11.8. The number of nitrogens with zero attached hydrogens (tertiary/aromatic N) is 1. The molecule has 0 amide bonds. The SMILES string of the molecule is CCOC(=O)c1csc(SCC[C@@H]2[C@H](/C=C/CC(C)(CCC(F)=C(F)F)O[Si](C)(C)C)CC[C@@H]2OC(C)=O)n1. The molecule has 220 valence electrons. The summed E-state index contributed by atoms with van der Waals surface area (Å²) in [6, 6.07) is 0. The first-order chi connectivity index (χ1) is 18.2. The normalized spacial score (nSPS) is 21.1. The van der Waals surface area contributed by atoms with Crippen molar-refractivity contribution in [1.29, 1.82) is 0 Å². The van der Waals surface area contributed by atoms with E-state index in [4.69, 9.17) is 13.9 Å². The van der Waals surface area contributed by atoms with Crippen LogP contribution in [0, 0.1) is 11.8 Å². The lowest BCUT2D eigenvalue weighted by atomic mass is 9.90. The summed E-state index contributed by atoms with van der Waals surface area (Å²) in [6.45, 7) is 11.4. The van der Waals surface area contributed by atoms with Gasteiger partial charge in [-0.25, -0.2) is 14.2 Å². The molecule has 1 unspecified atom stereocenters. The van der Waals surface area contributed by atoms with Gasteiger partial charge in [0.05, 0.1) is 12.2 Å². The third-order valence-corrected chi connectivity index (χ3v) is 9.50. The highest BCUT2D eigenvalue weighted by Crippen LogP contribution is 2.40. The molecule has 1 fully saturated rings. The second kappa shape index (κ2) is 15.4. The second-order valence-corrected chi connectivity index (χ2v) is 17.5. The molecule has 0 spiro atoms. The summed E-state index contributed by atoms with van der Waals surface area (Å²) in [5.41, 5.74) is -0.467. The van der Waals surface area contributed by atoms with E-state index in [1.54, 1.807) is 24.1 Å². The van der Waals surface area contributed by atoms with Crippen molar-refractivity contribution in [2.24, 2.45) is 11.8 Å². The smallest absolute Gasteiger partial charge is 0.357 e. The molecule has 2 rings (SSSR count). The molecule has 0 aliphatic heterocycles. The monoisotopic (exact) mass is 607 g/mol. The van der Waals surface area contributed by atoms with Crippen LogP contribution in [-0.4, -0.2) is 49.3 Å².